The van der Waals surface area contributed by atoms with Gasteiger partial charge in [-0.05, 0) is 24.8 Å². The second kappa shape index (κ2) is 6.05. The maximum Gasteiger partial charge on any atom is 0.311 e. The SMILES string of the molecule is NC(Cc1ccccc1)C(=O)NCC1(C(=O)O)CCC1. The van der Waals surface area contributed by atoms with Crippen molar-refractivity contribution in [2.24, 2.45) is 11.1 Å². The fourth-order valence-electron chi connectivity index (χ4n) is 2.42. The number of nitrogens with one attached hydrogen (secondary N) is 1. The lowest BCUT2D eigenvalue weighted by molar-refractivity contribution is -0.154. The Bertz CT molecular complexity index is 483. The molecule has 1 fully saturated rings. The molecule has 1 unspecified atom stereocenters. The molecule has 0 aliphatic heterocycles. The molecule has 5 nitrogen and oxygen atoms in total. The summed E-state index contributed by atoms with van der Waals surface area (Å²) < 4.78 is 0. The van der Waals surface area contributed by atoms with Gasteiger partial charge in [-0.25, -0.2) is 0 Å². The van der Waals surface area contributed by atoms with Crippen molar-refractivity contribution < 1.29 is 14.7 Å². The van der Waals surface area contributed by atoms with E-state index >= 15 is 0 Å². The van der Waals surface area contributed by atoms with Crippen molar-refractivity contribution in [2.45, 2.75) is 31.7 Å². The molecule has 1 atom stereocenters. The lowest BCUT2D eigenvalue weighted by Crippen LogP contribution is -2.51. The topological polar surface area (TPSA) is 92.4 Å². The zero-order valence-electron chi connectivity index (χ0n) is 11.3. The van der Waals surface area contributed by atoms with Crippen molar-refractivity contribution in [3.05, 3.63) is 35.9 Å². The van der Waals surface area contributed by atoms with Crippen LogP contribution in [-0.2, 0) is 16.0 Å². The number of benzene rings is 1. The summed E-state index contributed by atoms with van der Waals surface area (Å²) in [5.41, 5.74) is 6.07. The molecule has 1 saturated carbocycles. The predicted molar refractivity (Wildman–Crippen MR) is 75.1 cm³/mol. The van der Waals surface area contributed by atoms with Gasteiger partial charge in [-0.3, -0.25) is 9.59 Å². The molecular formula is C15H20N2O3. The smallest absolute Gasteiger partial charge is 0.311 e. The molecule has 1 aliphatic carbocycles. The van der Waals surface area contributed by atoms with Crippen LogP contribution in [0.4, 0.5) is 0 Å². The molecule has 108 valence electrons. The Morgan fingerprint density at radius 2 is 1.95 bits per heavy atom. The average molecular weight is 276 g/mol. The highest BCUT2D eigenvalue weighted by Gasteiger charge is 2.44. The maximum absolute atomic E-state index is 11.9. The minimum Gasteiger partial charge on any atom is -0.481 e. The first-order valence-electron chi connectivity index (χ1n) is 6.84. The number of rotatable bonds is 6. The van der Waals surface area contributed by atoms with Gasteiger partial charge < -0.3 is 16.2 Å². The van der Waals surface area contributed by atoms with E-state index in [-0.39, 0.29) is 12.5 Å². The van der Waals surface area contributed by atoms with Crippen LogP contribution in [-0.4, -0.2) is 29.6 Å². The van der Waals surface area contributed by atoms with Gasteiger partial charge in [0, 0.05) is 6.54 Å². The van der Waals surface area contributed by atoms with Crippen LogP contribution in [0, 0.1) is 5.41 Å². The summed E-state index contributed by atoms with van der Waals surface area (Å²) in [6, 6.07) is 8.88. The molecule has 2 rings (SSSR count). The average Bonchev–Trinajstić information content (AvgIpc) is 2.37. The van der Waals surface area contributed by atoms with Crippen molar-refractivity contribution in [3.8, 4) is 0 Å². The van der Waals surface area contributed by atoms with E-state index in [1.165, 1.54) is 0 Å². The Balaban J connectivity index is 1.84. The maximum atomic E-state index is 11.9. The molecule has 0 heterocycles. The third-order valence-electron chi connectivity index (χ3n) is 4.00. The van der Waals surface area contributed by atoms with Gasteiger partial charge in [-0.15, -0.1) is 0 Å². The van der Waals surface area contributed by atoms with Crippen molar-refractivity contribution in [1.82, 2.24) is 5.32 Å². The summed E-state index contributed by atoms with van der Waals surface area (Å²) >= 11 is 0. The quantitative estimate of drug-likeness (QED) is 0.720. The Morgan fingerprint density at radius 1 is 1.30 bits per heavy atom. The Morgan fingerprint density at radius 3 is 2.45 bits per heavy atom. The molecule has 0 saturated heterocycles. The molecule has 0 bridgehead atoms. The van der Waals surface area contributed by atoms with Crippen molar-refractivity contribution >= 4 is 11.9 Å². The number of carbonyl (C=O) groups excluding carboxylic acids is 1. The minimum absolute atomic E-state index is 0.170. The normalized spacial score (nSPS) is 17.9. The van der Waals surface area contributed by atoms with Gasteiger partial charge in [0.1, 0.15) is 0 Å². The lowest BCUT2D eigenvalue weighted by atomic mass is 9.69. The summed E-state index contributed by atoms with van der Waals surface area (Å²) in [4.78, 5) is 23.1. The number of carbonyl (C=O) groups is 2. The van der Waals surface area contributed by atoms with E-state index in [9.17, 15) is 14.7 Å². The van der Waals surface area contributed by atoms with Crippen molar-refractivity contribution in [1.29, 1.82) is 0 Å². The summed E-state index contributed by atoms with van der Waals surface area (Å²) in [6.45, 7) is 0.170. The van der Waals surface area contributed by atoms with Gasteiger partial charge >= 0.3 is 5.97 Å². The van der Waals surface area contributed by atoms with E-state index in [4.69, 9.17) is 5.73 Å². The monoisotopic (exact) mass is 276 g/mol. The first-order valence-corrected chi connectivity index (χ1v) is 6.84. The van der Waals surface area contributed by atoms with Gasteiger partial charge in [-0.1, -0.05) is 36.8 Å². The van der Waals surface area contributed by atoms with Crippen LogP contribution in [0.1, 0.15) is 24.8 Å². The Hall–Kier alpha value is -1.88. The molecule has 4 N–H and O–H groups in total. The number of carboxylic acids is 1. The summed E-state index contributed by atoms with van der Waals surface area (Å²) in [5.74, 6) is -1.12. The van der Waals surface area contributed by atoms with Crippen LogP contribution in [0.15, 0.2) is 30.3 Å². The molecule has 0 aromatic heterocycles. The highest BCUT2D eigenvalue weighted by molar-refractivity contribution is 5.83. The van der Waals surface area contributed by atoms with Gasteiger partial charge in [0.25, 0.3) is 0 Å². The first kappa shape index (κ1) is 14.5. The number of carboxylic acid groups (broad SMARTS) is 1. The second-order valence-electron chi connectivity index (χ2n) is 5.45. The fraction of sp³-hybridized carbons (Fsp3) is 0.467. The van der Waals surface area contributed by atoms with Crippen LogP contribution in [0.5, 0.6) is 0 Å². The highest BCUT2D eigenvalue weighted by atomic mass is 16.4. The molecule has 5 heteroatoms. The molecule has 1 aromatic rings. The number of hydrogen-bond acceptors (Lipinski definition) is 3. The summed E-state index contributed by atoms with van der Waals surface area (Å²) in [5, 5.41) is 11.9. The summed E-state index contributed by atoms with van der Waals surface area (Å²) in [7, 11) is 0. The molecule has 1 aromatic carbocycles. The van der Waals surface area contributed by atoms with Crippen LogP contribution in [0.2, 0.25) is 0 Å². The zero-order chi connectivity index (χ0) is 14.6. The van der Waals surface area contributed by atoms with E-state index in [0.29, 0.717) is 19.3 Å². The largest absolute Gasteiger partial charge is 0.481 e. The Kier molecular flexibility index (Phi) is 4.39. The van der Waals surface area contributed by atoms with E-state index in [1.54, 1.807) is 0 Å². The van der Waals surface area contributed by atoms with Gasteiger partial charge in [0.15, 0.2) is 0 Å². The first-order chi connectivity index (χ1) is 9.53. The van der Waals surface area contributed by atoms with E-state index in [2.05, 4.69) is 5.32 Å². The third kappa shape index (κ3) is 3.17. The number of hydrogen-bond donors (Lipinski definition) is 3. The molecular weight excluding hydrogens is 256 g/mol. The zero-order valence-corrected chi connectivity index (χ0v) is 11.3. The highest BCUT2D eigenvalue weighted by Crippen LogP contribution is 2.40. The fourth-order valence-corrected chi connectivity index (χ4v) is 2.42. The van der Waals surface area contributed by atoms with Gasteiger partial charge in [0.2, 0.25) is 5.91 Å². The van der Waals surface area contributed by atoms with Crippen molar-refractivity contribution in [2.75, 3.05) is 6.54 Å². The summed E-state index contributed by atoms with van der Waals surface area (Å²) in [6.07, 6.45) is 2.60. The predicted octanol–water partition coefficient (Wildman–Crippen LogP) is 0.927. The second-order valence-corrected chi connectivity index (χ2v) is 5.45. The molecule has 1 aliphatic rings. The molecule has 1 amide bonds. The van der Waals surface area contributed by atoms with Crippen LogP contribution in [0.25, 0.3) is 0 Å². The van der Waals surface area contributed by atoms with Crippen LogP contribution in [0.3, 0.4) is 0 Å². The van der Waals surface area contributed by atoms with E-state index in [0.717, 1.165) is 12.0 Å². The third-order valence-corrected chi connectivity index (χ3v) is 4.00. The number of amides is 1. The van der Waals surface area contributed by atoms with Crippen LogP contribution >= 0.6 is 0 Å². The number of nitrogens with two attached hydrogens (primary N) is 1. The van der Waals surface area contributed by atoms with Crippen molar-refractivity contribution in [3.63, 3.8) is 0 Å². The van der Waals surface area contributed by atoms with Gasteiger partial charge in [0.05, 0.1) is 11.5 Å². The molecule has 20 heavy (non-hydrogen) atoms. The lowest BCUT2D eigenvalue weighted by Gasteiger charge is -2.37. The van der Waals surface area contributed by atoms with Crippen LogP contribution < -0.4 is 11.1 Å². The molecule has 0 spiro atoms. The Labute approximate surface area is 118 Å². The van der Waals surface area contributed by atoms with E-state index < -0.39 is 17.4 Å². The standard InChI is InChI=1S/C15H20N2O3/c16-12(9-11-5-2-1-3-6-11)13(18)17-10-15(14(19)20)7-4-8-15/h1-3,5-6,12H,4,7-10,16H2,(H,17,18)(H,19,20). The molecule has 0 radical (unpaired) electrons. The van der Waals surface area contributed by atoms with E-state index in [1.807, 2.05) is 30.3 Å². The minimum atomic E-state index is -0.833. The number of aliphatic carboxylic acids is 1. The van der Waals surface area contributed by atoms with Gasteiger partial charge in [-0.2, -0.15) is 0 Å².